The Labute approximate surface area is 217 Å². The van der Waals surface area contributed by atoms with Crippen molar-refractivity contribution in [3.05, 3.63) is 10.0 Å². The zero-order valence-electron chi connectivity index (χ0n) is 21.3. The lowest BCUT2D eigenvalue weighted by atomic mass is 10.1. The summed E-state index contributed by atoms with van der Waals surface area (Å²) < 4.78 is 10.5. The third-order valence-corrected chi connectivity index (χ3v) is 5.30. The van der Waals surface area contributed by atoms with Crippen LogP contribution in [0.15, 0.2) is 5.16 Å². The van der Waals surface area contributed by atoms with Crippen LogP contribution in [0.25, 0.3) is 0 Å². The van der Waals surface area contributed by atoms with Crippen molar-refractivity contribution in [2.24, 2.45) is 10.9 Å². The first kappa shape index (κ1) is 29.3. The van der Waals surface area contributed by atoms with Gasteiger partial charge in [0.1, 0.15) is 33.4 Å². The average Bonchev–Trinajstić information content (AvgIpc) is 3.03. The van der Waals surface area contributed by atoms with Gasteiger partial charge in [-0.05, 0) is 55.4 Å². The average molecular weight is 547 g/mol. The number of β-lactam (4-membered cyclic amide) rings is 1. The van der Waals surface area contributed by atoms with Gasteiger partial charge in [0.25, 0.3) is 5.91 Å². The van der Waals surface area contributed by atoms with Gasteiger partial charge in [0.05, 0.1) is 0 Å². The topological polar surface area (TPSA) is 183 Å². The maximum atomic E-state index is 13.0. The minimum absolute atomic E-state index is 0.00856. The number of rotatable bonds is 7. The molecule has 2 atom stereocenters. The second-order valence-electron chi connectivity index (χ2n) is 10.3. The molecule has 3 amide bonds. The first-order chi connectivity index (χ1) is 16.3. The smallest absolute Gasteiger partial charge is 0.413 e. The van der Waals surface area contributed by atoms with Crippen LogP contribution in [0.1, 0.15) is 61.1 Å². The number of anilines is 1. The number of thiazole rings is 1. The molecule has 0 unspecified atom stereocenters. The number of hydrogen-bond donors (Lipinski definition) is 4. The number of hydrogen-bond acceptors (Lipinski definition) is 11. The van der Waals surface area contributed by atoms with Crippen LogP contribution in [0.5, 0.6) is 0 Å². The maximum Gasteiger partial charge on any atom is 0.413 e. The van der Waals surface area contributed by atoms with Crippen molar-refractivity contribution in [3.63, 3.8) is 0 Å². The van der Waals surface area contributed by atoms with E-state index >= 15 is 0 Å². The number of carbonyl (C=O) groups is 4. The van der Waals surface area contributed by atoms with Crippen molar-refractivity contribution in [1.29, 1.82) is 0 Å². The number of esters is 1. The van der Waals surface area contributed by atoms with E-state index in [9.17, 15) is 19.2 Å². The molecule has 1 aliphatic heterocycles. The number of aromatic nitrogens is 1. The van der Waals surface area contributed by atoms with Gasteiger partial charge in [0.15, 0.2) is 10.8 Å². The summed E-state index contributed by atoms with van der Waals surface area (Å²) >= 11 is 7.13. The van der Waals surface area contributed by atoms with Crippen LogP contribution in [-0.4, -0.2) is 63.6 Å². The summed E-state index contributed by atoms with van der Waals surface area (Å²) in [7, 11) is 0. The van der Waals surface area contributed by atoms with Gasteiger partial charge in [-0.15, -0.1) is 0 Å². The highest BCUT2D eigenvalue weighted by Crippen LogP contribution is 2.30. The molecule has 0 aliphatic carbocycles. The van der Waals surface area contributed by atoms with E-state index in [1.54, 1.807) is 41.5 Å². The molecule has 1 aromatic rings. The summed E-state index contributed by atoms with van der Waals surface area (Å²) in [5.41, 5.74) is 1.91. The summed E-state index contributed by atoms with van der Waals surface area (Å²) in [4.78, 5) is 59.0. The zero-order chi connectivity index (χ0) is 27.6. The molecule has 5 N–H and O–H groups in total. The van der Waals surface area contributed by atoms with Crippen LogP contribution in [0, 0.1) is 0 Å². The fourth-order valence-electron chi connectivity index (χ4n) is 2.45. The molecule has 1 saturated heterocycles. The molecule has 0 bridgehead atoms. The SMILES string of the molecule is CC(C)(C)OC(=O)Nc1nc(/C(=N/OC(C)(C)C(=O)OC(C)(C)C)C(=O)N[C@@H]2C(=O)N[C@H]2N)c(Cl)s1. The fourth-order valence-corrected chi connectivity index (χ4v) is 3.48. The van der Waals surface area contributed by atoms with Gasteiger partial charge in [0, 0.05) is 0 Å². The molecule has 0 aromatic carbocycles. The summed E-state index contributed by atoms with van der Waals surface area (Å²) in [5, 5.41) is 11.1. The van der Waals surface area contributed by atoms with E-state index in [1.807, 2.05) is 0 Å². The number of nitrogens with two attached hydrogens (primary N) is 1. The number of amides is 3. The summed E-state index contributed by atoms with van der Waals surface area (Å²) in [5.74, 6) is -2.14. The Bertz CT molecular complexity index is 1070. The Morgan fingerprint density at radius 3 is 2.17 bits per heavy atom. The molecule has 0 saturated carbocycles. The van der Waals surface area contributed by atoms with Gasteiger partial charge in [-0.1, -0.05) is 28.1 Å². The van der Waals surface area contributed by atoms with Crippen molar-refractivity contribution in [1.82, 2.24) is 15.6 Å². The van der Waals surface area contributed by atoms with Crippen molar-refractivity contribution in [2.75, 3.05) is 5.32 Å². The molecule has 1 fully saturated rings. The number of halogens is 1. The second kappa shape index (κ2) is 10.6. The Balaban J connectivity index is 2.36. The number of carbonyl (C=O) groups excluding carboxylic acids is 4. The molecule has 13 nitrogen and oxygen atoms in total. The van der Waals surface area contributed by atoms with Crippen molar-refractivity contribution >= 4 is 57.7 Å². The van der Waals surface area contributed by atoms with E-state index < -0.39 is 58.6 Å². The molecule has 36 heavy (non-hydrogen) atoms. The number of nitrogens with one attached hydrogen (secondary N) is 3. The van der Waals surface area contributed by atoms with Gasteiger partial charge in [0.2, 0.25) is 11.5 Å². The van der Waals surface area contributed by atoms with Gasteiger partial charge in [-0.2, -0.15) is 0 Å². The standard InChI is InChI=1S/C21H31ClN6O7S/c1-19(2,3)33-16(31)21(7,8)35-28-10(14(29)24-11-13(23)26-15(11)30)9-12(22)36-17(25-9)27-18(32)34-20(4,5)6/h11,13H,23H2,1-8H3,(H,24,29)(H,26,30)(H,25,27,32)/b28-10-/t11-,13+/m0/s1. The Morgan fingerprint density at radius 1 is 1.08 bits per heavy atom. The Morgan fingerprint density at radius 2 is 1.67 bits per heavy atom. The normalized spacial score (nSPS) is 18.5. The van der Waals surface area contributed by atoms with Gasteiger partial charge < -0.3 is 30.7 Å². The van der Waals surface area contributed by atoms with Gasteiger partial charge in [-0.3, -0.25) is 14.9 Å². The van der Waals surface area contributed by atoms with Crippen LogP contribution in [-0.2, 0) is 28.7 Å². The lowest BCUT2D eigenvalue weighted by Crippen LogP contribution is -2.73. The van der Waals surface area contributed by atoms with E-state index in [2.05, 4.69) is 26.1 Å². The molecule has 200 valence electrons. The number of ether oxygens (including phenoxy) is 2. The lowest BCUT2D eigenvalue weighted by molar-refractivity contribution is -0.179. The van der Waals surface area contributed by atoms with E-state index in [1.165, 1.54) is 13.8 Å². The molecule has 1 aliphatic rings. The highest BCUT2D eigenvalue weighted by molar-refractivity contribution is 7.20. The van der Waals surface area contributed by atoms with Crippen molar-refractivity contribution in [2.45, 2.75) is 84.4 Å². The maximum absolute atomic E-state index is 13.0. The predicted octanol–water partition coefficient (Wildman–Crippen LogP) is 1.88. The molecule has 1 aromatic heterocycles. The first-order valence-electron chi connectivity index (χ1n) is 10.8. The highest BCUT2D eigenvalue weighted by atomic mass is 35.5. The molecular weight excluding hydrogens is 516 g/mol. The van der Waals surface area contributed by atoms with Gasteiger partial charge >= 0.3 is 12.1 Å². The minimum atomic E-state index is -1.61. The fraction of sp³-hybridized carbons (Fsp3) is 0.619. The predicted molar refractivity (Wildman–Crippen MR) is 133 cm³/mol. The van der Waals surface area contributed by atoms with Crippen molar-refractivity contribution in [3.8, 4) is 0 Å². The lowest BCUT2D eigenvalue weighted by Gasteiger charge is -2.33. The largest absolute Gasteiger partial charge is 0.457 e. The summed E-state index contributed by atoms with van der Waals surface area (Å²) in [6.45, 7) is 12.9. The van der Waals surface area contributed by atoms with Crippen molar-refractivity contribution < 1.29 is 33.5 Å². The van der Waals surface area contributed by atoms with Crippen LogP contribution >= 0.6 is 22.9 Å². The summed E-state index contributed by atoms with van der Waals surface area (Å²) in [6.07, 6.45) is -1.60. The number of nitrogens with zero attached hydrogens (tertiary/aromatic N) is 2. The zero-order valence-corrected chi connectivity index (χ0v) is 22.8. The van der Waals surface area contributed by atoms with Crippen LogP contribution in [0.4, 0.5) is 9.93 Å². The van der Waals surface area contributed by atoms with Gasteiger partial charge in [-0.25, -0.2) is 14.6 Å². The third kappa shape index (κ3) is 8.03. The monoisotopic (exact) mass is 546 g/mol. The quantitative estimate of drug-likeness (QED) is 0.171. The Kier molecular flexibility index (Phi) is 8.59. The third-order valence-electron chi connectivity index (χ3n) is 4.13. The van der Waals surface area contributed by atoms with E-state index in [0.717, 1.165) is 11.3 Å². The Hall–Kier alpha value is -2.97. The van der Waals surface area contributed by atoms with Crippen LogP contribution in [0.3, 0.4) is 0 Å². The molecule has 2 heterocycles. The molecule has 0 spiro atoms. The highest BCUT2D eigenvalue weighted by Gasteiger charge is 2.40. The second-order valence-corrected chi connectivity index (χ2v) is 11.9. The summed E-state index contributed by atoms with van der Waals surface area (Å²) in [6, 6.07) is -1.03. The molecule has 0 radical (unpaired) electrons. The minimum Gasteiger partial charge on any atom is -0.457 e. The van der Waals surface area contributed by atoms with E-state index in [-0.39, 0.29) is 15.2 Å². The molecule has 15 heteroatoms. The number of oxime groups is 1. The van der Waals surface area contributed by atoms with Crippen LogP contribution in [0.2, 0.25) is 4.34 Å². The van der Waals surface area contributed by atoms with Crippen LogP contribution < -0.4 is 21.7 Å². The van der Waals surface area contributed by atoms with E-state index in [4.69, 9.17) is 31.6 Å². The molecular formula is C21H31ClN6O7S. The van der Waals surface area contributed by atoms with E-state index in [0.29, 0.717) is 0 Å². The first-order valence-corrected chi connectivity index (χ1v) is 12.0. The molecule has 2 rings (SSSR count).